The van der Waals surface area contributed by atoms with E-state index in [0.717, 1.165) is 34.2 Å². The summed E-state index contributed by atoms with van der Waals surface area (Å²) in [5, 5.41) is 18.9. The Bertz CT molecular complexity index is 2210. The number of rotatable bonds is 29. The molecule has 0 aliphatic heterocycles. The Balaban J connectivity index is 1.39. The first-order chi connectivity index (χ1) is 30.8. The summed E-state index contributed by atoms with van der Waals surface area (Å²) in [5.74, 6) is -2.17. The van der Waals surface area contributed by atoms with Gasteiger partial charge in [0.2, 0.25) is 33.7 Å². The zero-order valence-electron chi connectivity index (χ0n) is 36.4. The van der Waals surface area contributed by atoms with E-state index in [1.807, 2.05) is 54.6 Å². The van der Waals surface area contributed by atoms with Crippen molar-refractivity contribution in [3.8, 4) is 0 Å². The largest absolute Gasteiger partial charge is 0.384 e. The van der Waals surface area contributed by atoms with E-state index in [0.29, 0.717) is 50.3 Å². The molecule has 16 nitrogen and oxygen atoms in total. The molecular weight excluding hydrogens is 837 g/mol. The highest BCUT2D eigenvalue weighted by molar-refractivity contribution is 7.88. The first kappa shape index (κ1) is 50.7. The van der Waals surface area contributed by atoms with Crippen LogP contribution < -0.4 is 37.5 Å². The van der Waals surface area contributed by atoms with Crippen molar-refractivity contribution in [2.75, 3.05) is 33.5 Å². The lowest BCUT2D eigenvalue weighted by Gasteiger charge is -2.24. The highest BCUT2D eigenvalue weighted by Gasteiger charge is 2.29. The highest BCUT2D eigenvalue weighted by atomic mass is 32.2. The molecule has 0 saturated heterocycles. The molecule has 10 N–H and O–H groups in total. The van der Waals surface area contributed by atoms with Gasteiger partial charge in [0.25, 0.3) is 0 Å². The van der Waals surface area contributed by atoms with Crippen LogP contribution in [0.2, 0.25) is 0 Å². The van der Waals surface area contributed by atoms with Crippen LogP contribution in [-0.2, 0) is 76.9 Å². The Kier molecular flexibility index (Phi) is 21.6. The van der Waals surface area contributed by atoms with E-state index in [1.165, 1.54) is 0 Å². The molecule has 0 aromatic heterocycles. The molecule has 0 aliphatic rings. The average Bonchev–Trinajstić information content (AvgIpc) is 3.29. The summed E-state index contributed by atoms with van der Waals surface area (Å²) in [4.78, 5) is 52.4. The van der Waals surface area contributed by atoms with E-state index >= 15 is 0 Å². The van der Waals surface area contributed by atoms with Gasteiger partial charge in [-0.25, -0.2) is 13.1 Å². The van der Waals surface area contributed by atoms with Crippen molar-refractivity contribution < 1.29 is 37.1 Å². The molecule has 0 bridgehead atoms. The number of ether oxygens (including phenoxy) is 2. The molecule has 344 valence electrons. The SMILES string of the molecule is COCCOCCNC(=O)CCC(=O)NCc1ccc(CS(=O)(=O)N[C@H](CCCCc2ccccc2)C(=O)N[C@@H](Cc2cccc(CN)c2)C(=O)NCc2ccc(C(=N)N)cc2)cc1. The minimum Gasteiger partial charge on any atom is -0.384 e. The van der Waals surface area contributed by atoms with Gasteiger partial charge >= 0.3 is 0 Å². The number of carbonyl (C=O) groups excluding carboxylic acids is 4. The summed E-state index contributed by atoms with van der Waals surface area (Å²) >= 11 is 0. The van der Waals surface area contributed by atoms with Crippen LogP contribution in [0.3, 0.4) is 0 Å². The molecule has 0 aliphatic carbocycles. The number of methoxy groups -OCH3 is 1. The number of nitrogens with one attached hydrogen (secondary N) is 6. The number of aryl methyl sites for hydroxylation is 1. The summed E-state index contributed by atoms with van der Waals surface area (Å²) in [6.45, 7) is 2.17. The van der Waals surface area contributed by atoms with Crippen LogP contribution in [-0.4, -0.2) is 83.4 Å². The van der Waals surface area contributed by atoms with Crippen molar-refractivity contribution in [2.24, 2.45) is 11.5 Å². The second-order valence-electron chi connectivity index (χ2n) is 15.3. The van der Waals surface area contributed by atoms with Gasteiger partial charge < -0.3 is 42.2 Å². The van der Waals surface area contributed by atoms with Crippen LogP contribution in [0.5, 0.6) is 0 Å². The minimum atomic E-state index is -4.09. The second kappa shape index (κ2) is 27.3. The Morgan fingerprint density at radius 2 is 1.30 bits per heavy atom. The molecule has 0 radical (unpaired) electrons. The number of carbonyl (C=O) groups is 4. The smallest absolute Gasteiger partial charge is 0.243 e. The third-order valence-corrected chi connectivity index (χ3v) is 11.5. The number of benzene rings is 4. The quantitative estimate of drug-likeness (QED) is 0.0225. The van der Waals surface area contributed by atoms with Crippen molar-refractivity contribution in [1.29, 1.82) is 5.41 Å². The third kappa shape index (κ3) is 19.2. The first-order valence-electron chi connectivity index (χ1n) is 21.3. The van der Waals surface area contributed by atoms with Crippen molar-refractivity contribution in [3.63, 3.8) is 0 Å². The maximum absolute atomic E-state index is 14.2. The number of hydrogen-bond donors (Lipinski definition) is 8. The van der Waals surface area contributed by atoms with Crippen LogP contribution in [0.4, 0.5) is 0 Å². The first-order valence-corrected chi connectivity index (χ1v) is 23.0. The van der Waals surface area contributed by atoms with Crippen molar-refractivity contribution in [2.45, 2.75) is 82.4 Å². The molecule has 0 saturated carbocycles. The van der Waals surface area contributed by atoms with E-state index in [-0.39, 0.29) is 63.0 Å². The van der Waals surface area contributed by atoms with Gasteiger partial charge in [0, 0.05) is 58.1 Å². The number of amides is 4. The standard InChI is InChI=1S/C47H62N8O8S/c1-62-26-27-63-25-24-51-43(56)22-23-44(57)52-31-35-14-16-37(17-15-35)33-64(60,61)55-41(13-6-5-10-34-8-3-2-4-9-34)47(59)54-42(29-38-11-7-12-39(28-38)30-48)46(58)53-32-36-18-20-40(21-19-36)45(49)50/h2-4,7-9,11-12,14-21,28,41-42,55H,5-6,10,13,22-27,29-33,48H2,1H3,(H3,49,50)(H,51,56)(H,52,57)(H,53,58)(H,54,59)/t41-,42+/m1/s1. The van der Waals surface area contributed by atoms with Gasteiger partial charge in [-0.15, -0.1) is 0 Å². The molecule has 4 aromatic rings. The average molecular weight is 899 g/mol. The number of hydrogen-bond acceptors (Lipinski definition) is 10. The molecule has 0 heterocycles. The fourth-order valence-corrected chi connectivity index (χ4v) is 8.00. The Labute approximate surface area is 376 Å². The third-order valence-electron chi connectivity index (χ3n) is 10.2. The molecule has 2 atom stereocenters. The van der Waals surface area contributed by atoms with Crippen molar-refractivity contribution in [3.05, 3.63) is 142 Å². The monoisotopic (exact) mass is 898 g/mol. The highest BCUT2D eigenvalue weighted by Crippen LogP contribution is 2.14. The van der Waals surface area contributed by atoms with E-state index in [1.54, 1.807) is 55.6 Å². The molecule has 4 rings (SSSR count). The van der Waals surface area contributed by atoms with Gasteiger partial charge in [0.05, 0.1) is 25.6 Å². The zero-order chi connectivity index (χ0) is 46.2. The Hall–Kier alpha value is -5.98. The topological polar surface area (TPSA) is 257 Å². The number of amidine groups is 1. The summed E-state index contributed by atoms with van der Waals surface area (Å²) in [6.07, 6.45) is 2.29. The van der Waals surface area contributed by atoms with Crippen LogP contribution in [0.25, 0.3) is 0 Å². The molecule has 4 amide bonds. The second-order valence-corrected chi connectivity index (χ2v) is 17.1. The van der Waals surface area contributed by atoms with Gasteiger partial charge in [-0.3, -0.25) is 24.6 Å². The van der Waals surface area contributed by atoms with E-state index in [4.69, 9.17) is 26.4 Å². The molecule has 17 heteroatoms. The number of sulfonamides is 1. The van der Waals surface area contributed by atoms with Crippen molar-refractivity contribution in [1.82, 2.24) is 26.0 Å². The number of nitrogens with two attached hydrogens (primary N) is 2. The molecule has 0 spiro atoms. The van der Waals surface area contributed by atoms with Gasteiger partial charge in [-0.05, 0) is 52.6 Å². The lowest BCUT2D eigenvalue weighted by Crippen LogP contribution is -2.54. The summed E-state index contributed by atoms with van der Waals surface area (Å²) in [5.41, 5.74) is 16.7. The zero-order valence-corrected chi connectivity index (χ0v) is 37.2. The van der Waals surface area contributed by atoms with Crippen LogP contribution >= 0.6 is 0 Å². The number of unbranched alkanes of at least 4 members (excludes halogenated alkanes) is 1. The molecule has 0 unspecified atom stereocenters. The molecule has 0 fully saturated rings. The van der Waals surface area contributed by atoms with E-state index < -0.39 is 39.7 Å². The summed E-state index contributed by atoms with van der Waals surface area (Å²) < 4.78 is 40.3. The maximum atomic E-state index is 14.2. The fraction of sp³-hybridized carbons (Fsp3) is 0.383. The van der Waals surface area contributed by atoms with Gasteiger partial charge in [-0.2, -0.15) is 0 Å². The molecule has 4 aromatic carbocycles. The van der Waals surface area contributed by atoms with Crippen LogP contribution in [0.1, 0.15) is 71.0 Å². The van der Waals surface area contributed by atoms with Crippen LogP contribution in [0, 0.1) is 5.41 Å². The van der Waals surface area contributed by atoms with Gasteiger partial charge in [0.15, 0.2) is 0 Å². The van der Waals surface area contributed by atoms with E-state index in [9.17, 15) is 27.6 Å². The predicted molar refractivity (Wildman–Crippen MR) is 246 cm³/mol. The number of nitrogen functional groups attached to an aromatic ring is 1. The minimum absolute atomic E-state index is 0.00379. The summed E-state index contributed by atoms with van der Waals surface area (Å²) in [7, 11) is -2.51. The lowest BCUT2D eigenvalue weighted by atomic mass is 10.0. The lowest BCUT2D eigenvalue weighted by molar-refractivity contribution is -0.130. The Morgan fingerprint density at radius 1 is 0.672 bits per heavy atom. The predicted octanol–water partition coefficient (Wildman–Crippen LogP) is 2.85. The molecule has 64 heavy (non-hydrogen) atoms. The van der Waals surface area contributed by atoms with E-state index in [2.05, 4.69) is 26.0 Å². The normalized spacial score (nSPS) is 12.2. The van der Waals surface area contributed by atoms with Gasteiger partial charge in [0.1, 0.15) is 17.9 Å². The Morgan fingerprint density at radius 3 is 1.97 bits per heavy atom. The molecular formula is C47H62N8O8S. The van der Waals surface area contributed by atoms with Crippen LogP contribution in [0.15, 0.2) is 103 Å². The van der Waals surface area contributed by atoms with Gasteiger partial charge in [-0.1, -0.05) is 110 Å². The summed E-state index contributed by atoms with van der Waals surface area (Å²) in [6, 6.07) is 28.6. The maximum Gasteiger partial charge on any atom is 0.243 e. The van der Waals surface area contributed by atoms with Crippen molar-refractivity contribution >= 4 is 39.5 Å². The fourth-order valence-electron chi connectivity index (χ4n) is 6.62.